The molecule has 5 heteroatoms. The van der Waals surface area contributed by atoms with Crippen molar-refractivity contribution >= 4 is 28.8 Å². The van der Waals surface area contributed by atoms with Gasteiger partial charge < -0.3 is 10.1 Å². The number of nitrogens with zero attached hydrogens (tertiary/aromatic N) is 1. The van der Waals surface area contributed by atoms with Crippen molar-refractivity contribution in [2.75, 3.05) is 16.8 Å². The van der Waals surface area contributed by atoms with Crippen molar-refractivity contribution in [3.63, 3.8) is 0 Å². The highest BCUT2D eigenvalue weighted by molar-refractivity contribution is 6.46. The average molecular weight is 441 g/mol. The Morgan fingerprint density at radius 3 is 2.24 bits per heavy atom. The van der Waals surface area contributed by atoms with Gasteiger partial charge in [0.15, 0.2) is 0 Å². The van der Waals surface area contributed by atoms with Crippen molar-refractivity contribution in [2.24, 2.45) is 0 Å². The molecule has 0 aliphatic carbocycles. The third-order valence-electron chi connectivity index (χ3n) is 5.59. The van der Waals surface area contributed by atoms with Gasteiger partial charge in [0.25, 0.3) is 11.8 Å². The van der Waals surface area contributed by atoms with Gasteiger partial charge in [0.1, 0.15) is 11.4 Å². The van der Waals surface area contributed by atoms with E-state index < -0.39 is 0 Å². The van der Waals surface area contributed by atoms with E-state index in [0.717, 1.165) is 29.8 Å². The number of hydrogen-bond donors (Lipinski definition) is 1. The van der Waals surface area contributed by atoms with Gasteiger partial charge in [-0.1, -0.05) is 50.2 Å². The molecule has 33 heavy (non-hydrogen) atoms. The second-order valence-electron chi connectivity index (χ2n) is 8.08. The van der Waals surface area contributed by atoms with E-state index in [1.807, 2.05) is 80.6 Å². The Hall–Kier alpha value is -3.86. The van der Waals surface area contributed by atoms with Gasteiger partial charge in [0, 0.05) is 5.69 Å². The first-order valence-corrected chi connectivity index (χ1v) is 11.3. The minimum absolute atomic E-state index is 0.271. The highest BCUT2D eigenvalue weighted by Gasteiger charge is 2.40. The normalized spacial score (nSPS) is 13.6. The van der Waals surface area contributed by atoms with Crippen LogP contribution in [-0.4, -0.2) is 18.4 Å². The average Bonchev–Trinajstić information content (AvgIpc) is 3.07. The van der Waals surface area contributed by atoms with Crippen LogP contribution in [0.2, 0.25) is 0 Å². The number of nitrogens with one attached hydrogen (secondary N) is 1. The summed E-state index contributed by atoms with van der Waals surface area (Å²) in [5.74, 6) is 0.0187. The van der Waals surface area contributed by atoms with Crippen molar-refractivity contribution in [2.45, 2.75) is 33.6 Å². The molecule has 3 aromatic carbocycles. The summed E-state index contributed by atoms with van der Waals surface area (Å²) in [5, 5.41) is 3.22. The Morgan fingerprint density at radius 1 is 0.879 bits per heavy atom. The van der Waals surface area contributed by atoms with E-state index in [0.29, 0.717) is 23.4 Å². The van der Waals surface area contributed by atoms with Gasteiger partial charge in [0.05, 0.1) is 17.9 Å². The molecule has 5 nitrogen and oxygen atoms in total. The van der Waals surface area contributed by atoms with Crippen LogP contribution >= 0.6 is 0 Å². The summed E-state index contributed by atoms with van der Waals surface area (Å²) in [7, 11) is 0. The predicted molar refractivity (Wildman–Crippen MR) is 132 cm³/mol. The summed E-state index contributed by atoms with van der Waals surface area (Å²) in [4.78, 5) is 28.3. The van der Waals surface area contributed by atoms with Crippen LogP contribution in [0.1, 0.15) is 37.0 Å². The maximum Gasteiger partial charge on any atom is 0.282 e. The molecule has 4 rings (SSSR count). The number of carbonyl (C=O) groups is 2. The smallest absolute Gasteiger partial charge is 0.282 e. The number of amides is 2. The van der Waals surface area contributed by atoms with Gasteiger partial charge in [-0.2, -0.15) is 0 Å². The zero-order valence-corrected chi connectivity index (χ0v) is 19.2. The number of benzene rings is 3. The highest BCUT2D eigenvalue weighted by atomic mass is 16.5. The minimum atomic E-state index is -0.369. The molecule has 1 heterocycles. The number of imide groups is 1. The van der Waals surface area contributed by atoms with Crippen molar-refractivity contribution in [3.8, 4) is 5.75 Å². The van der Waals surface area contributed by atoms with Crippen LogP contribution in [0.15, 0.2) is 78.5 Å². The molecule has 0 aromatic heterocycles. The van der Waals surface area contributed by atoms with Crippen LogP contribution in [-0.2, 0) is 16.0 Å². The molecule has 0 unspecified atom stereocenters. The van der Waals surface area contributed by atoms with Gasteiger partial charge in [0.2, 0.25) is 0 Å². The van der Waals surface area contributed by atoms with E-state index >= 15 is 0 Å². The predicted octanol–water partition coefficient (Wildman–Crippen LogP) is 5.74. The topological polar surface area (TPSA) is 58.6 Å². The zero-order chi connectivity index (χ0) is 23.4. The molecule has 0 spiro atoms. The molecular formula is C28H28N2O3. The second kappa shape index (κ2) is 9.74. The van der Waals surface area contributed by atoms with Gasteiger partial charge in [-0.25, -0.2) is 4.90 Å². The Balaban J connectivity index is 1.75. The summed E-state index contributed by atoms with van der Waals surface area (Å²) < 4.78 is 5.67. The summed E-state index contributed by atoms with van der Waals surface area (Å²) in [6.45, 7) is 6.70. The van der Waals surface area contributed by atoms with Crippen LogP contribution in [0.25, 0.3) is 5.57 Å². The van der Waals surface area contributed by atoms with Gasteiger partial charge >= 0.3 is 0 Å². The molecule has 168 valence electrons. The van der Waals surface area contributed by atoms with Crippen molar-refractivity contribution in [3.05, 3.63) is 95.2 Å². The molecule has 0 bridgehead atoms. The van der Waals surface area contributed by atoms with Crippen LogP contribution in [0, 0.1) is 6.92 Å². The van der Waals surface area contributed by atoms with E-state index in [4.69, 9.17) is 4.74 Å². The number of aryl methyl sites for hydroxylation is 2. The Morgan fingerprint density at radius 2 is 1.61 bits per heavy atom. The van der Waals surface area contributed by atoms with E-state index in [2.05, 4.69) is 12.2 Å². The number of anilines is 2. The van der Waals surface area contributed by atoms with Crippen molar-refractivity contribution in [1.82, 2.24) is 0 Å². The SMILES string of the molecule is CCCOc1ccc(C2=C(Nc3ccc(CC)cc3)C(=O)N(c3cccc(C)c3)C2=O)cc1. The Kier molecular flexibility index (Phi) is 6.59. The fourth-order valence-electron chi connectivity index (χ4n) is 3.82. The Bertz CT molecular complexity index is 1190. The maximum absolute atomic E-state index is 13.6. The zero-order valence-electron chi connectivity index (χ0n) is 19.2. The van der Waals surface area contributed by atoms with Crippen LogP contribution in [0.4, 0.5) is 11.4 Å². The molecule has 0 fully saturated rings. The van der Waals surface area contributed by atoms with E-state index in [1.54, 1.807) is 6.07 Å². The first kappa shape index (κ1) is 22.3. The van der Waals surface area contributed by atoms with E-state index in [9.17, 15) is 9.59 Å². The number of hydrogen-bond acceptors (Lipinski definition) is 4. The standard InChI is InChI=1S/C28H28N2O3/c1-4-17-33-24-15-11-21(12-16-24)25-26(29-22-13-9-20(5-2)10-14-22)28(32)30(27(25)31)23-8-6-7-19(3)18-23/h6-16,18,29H,4-5,17H2,1-3H3. The third-order valence-corrected chi connectivity index (χ3v) is 5.59. The molecule has 1 N–H and O–H groups in total. The van der Waals surface area contributed by atoms with Crippen molar-refractivity contribution < 1.29 is 14.3 Å². The lowest BCUT2D eigenvalue weighted by Gasteiger charge is -2.16. The molecule has 2 amide bonds. The van der Waals surface area contributed by atoms with Gasteiger partial charge in [-0.15, -0.1) is 0 Å². The monoisotopic (exact) mass is 440 g/mol. The summed E-state index contributed by atoms with van der Waals surface area (Å²) in [6, 6.07) is 22.6. The second-order valence-corrected chi connectivity index (χ2v) is 8.08. The minimum Gasteiger partial charge on any atom is -0.494 e. The number of rotatable bonds is 8. The van der Waals surface area contributed by atoms with Gasteiger partial charge in [-0.3, -0.25) is 9.59 Å². The number of ether oxygens (including phenoxy) is 1. The molecule has 0 radical (unpaired) electrons. The summed E-state index contributed by atoms with van der Waals surface area (Å²) >= 11 is 0. The molecule has 0 saturated heterocycles. The fourth-order valence-corrected chi connectivity index (χ4v) is 3.82. The van der Waals surface area contributed by atoms with Gasteiger partial charge in [-0.05, 0) is 72.9 Å². The van der Waals surface area contributed by atoms with E-state index in [-0.39, 0.29) is 17.5 Å². The van der Waals surface area contributed by atoms with E-state index in [1.165, 1.54) is 10.5 Å². The van der Waals surface area contributed by atoms with Crippen LogP contribution < -0.4 is 15.0 Å². The third kappa shape index (κ3) is 4.67. The lowest BCUT2D eigenvalue weighted by molar-refractivity contribution is -0.120. The highest BCUT2D eigenvalue weighted by Crippen LogP contribution is 2.34. The fraction of sp³-hybridized carbons (Fsp3) is 0.214. The summed E-state index contributed by atoms with van der Waals surface area (Å²) in [6.07, 6.45) is 1.84. The molecule has 3 aromatic rings. The Labute approximate surface area is 194 Å². The quantitative estimate of drug-likeness (QED) is 0.454. The first-order chi connectivity index (χ1) is 16.0. The molecule has 0 saturated carbocycles. The van der Waals surface area contributed by atoms with Crippen LogP contribution in [0.3, 0.4) is 0 Å². The lowest BCUT2D eigenvalue weighted by atomic mass is 10.0. The number of carbonyl (C=O) groups excluding carboxylic acids is 2. The molecular weight excluding hydrogens is 412 g/mol. The van der Waals surface area contributed by atoms with Crippen LogP contribution in [0.5, 0.6) is 5.75 Å². The largest absolute Gasteiger partial charge is 0.494 e. The molecule has 1 aliphatic heterocycles. The maximum atomic E-state index is 13.6. The molecule has 1 aliphatic rings. The lowest BCUT2D eigenvalue weighted by Crippen LogP contribution is -2.32. The van der Waals surface area contributed by atoms with Crippen molar-refractivity contribution in [1.29, 1.82) is 0 Å². The summed E-state index contributed by atoms with van der Waals surface area (Å²) in [5.41, 5.74) is 4.78. The molecule has 0 atom stereocenters. The first-order valence-electron chi connectivity index (χ1n) is 11.3.